The van der Waals surface area contributed by atoms with Crippen molar-refractivity contribution < 1.29 is 13.9 Å². The lowest BCUT2D eigenvalue weighted by molar-refractivity contribution is -0.115. The van der Waals surface area contributed by atoms with E-state index < -0.39 is 5.63 Å². The van der Waals surface area contributed by atoms with Crippen LogP contribution in [-0.4, -0.2) is 23.2 Å². The summed E-state index contributed by atoms with van der Waals surface area (Å²) in [7, 11) is 1.55. The Morgan fingerprint density at radius 1 is 1.38 bits per heavy atom. The van der Waals surface area contributed by atoms with Crippen molar-refractivity contribution in [1.29, 1.82) is 0 Å². The maximum atomic E-state index is 12.3. The Hall–Kier alpha value is -2.74. The number of amides is 1. The van der Waals surface area contributed by atoms with Gasteiger partial charge in [-0.3, -0.25) is 4.79 Å². The van der Waals surface area contributed by atoms with E-state index in [1.807, 2.05) is 13.0 Å². The molecule has 0 bridgehead atoms. The van der Waals surface area contributed by atoms with E-state index >= 15 is 0 Å². The van der Waals surface area contributed by atoms with Gasteiger partial charge >= 0.3 is 5.63 Å². The molecule has 0 spiro atoms. The number of aryl methyl sites for hydroxylation is 1. The monoisotopic (exact) mass is 371 g/mol. The molecule has 1 saturated carbocycles. The van der Waals surface area contributed by atoms with Gasteiger partial charge in [-0.1, -0.05) is 11.3 Å². The van der Waals surface area contributed by atoms with E-state index in [9.17, 15) is 9.59 Å². The second-order valence-electron chi connectivity index (χ2n) is 6.30. The molecule has 0 atom stereocenters. The van der Waals surface area contributed by atoms with Crippen molar-refractivity contribution in [3.05, 3.63) is 44.8 Å². The Bertz CT molecular complexity index is 1050. The second-order valence-corrected chi connectivity index (χ2v) is 7.31. The van der Waals surface area contributed by atoms with Gasteiger partial charge in [0.1, 0.15) is 16.3 Å². The molecule has 1 aromatic carbocycles. The second kappa shape index (κ2) is 6.53. The minimum absolute atomic E-state index is 0.0749. The summed E-state index contributed by atoms with van der Waals surface area (Å²) in [4.78, 5) is 24.7. The van der Waals surface area contributed by atoms with Crippen LogP contribution in [0.15, 0.2) is 27.4 Å². The summed E-state index contributed by atoms with van der Waals surface area (Å²) in [5.74, 6) is 0.782. The van der Waals surface area contributed by atoms with Crippen LogP contribution in [0.25, 0.3) is 11.0 Å². The molecule has 0 aliphatic heterocycles. The molecule has 3 aromatic rings. The SMILES string of the molecule is COc1ccc2c(C)c(CC(=O)Nc3nnc(C4CC4)s3)c(=O)oc2c1. The molecule has 2 aromatic heterocycles. The van der Waals surface area contributed by atoms with Gasteiger partial charge in [-0.2, -0.15) is 0 Å². The maximum Gasteiger partial charge on any atom is 0.340 e. The van der Waals surface area contributed by atoms with E-state index in [4.69, 9.17) is 9.15 Å². The van der Waals surface area contributed by atoms with Crippen LogP contribution < -0.4 is 15.7 Å². The molecule has 1 aliphatic carbocycles. The van der Waals surface area contributed by atoms with Gasteiger partial charge in [0.25, 0.3) is 0 Å². The van der Waals surface area contributed by atoms with E-state index in [0.717, 1.165) is 28.8 Å². The van der Waals surface area contributed by atoms with Gasteiger partial charge in [0, 0.05) is 17.4 Å². The largest absolute Gasteiger partial charge is 0.497 e. The quantitative estimate of drug-likeness (QED) is 0.693. The fourth-order valence-corrected chi connectivity index (χ4v) is 3.74. The summed E-state index contributed by atoms with van der Waals surface area (Å²) < 4.78 is 10.5. The lowest BCUT2D eigenvalue weighted by atomic mass is 10.0. The molecule has 0 radical (unpaired) electrons. The number of aromatic nitrogens is 2. The molecular formula is C18H17N3O4S. The highest BCUT2D eigenvalue weighted by molar-refractivity contribution is 7.15. The number of ether oxygens (including phenoxy) is 1. The number of carbonyl (C=O) groups is 1. The highest BCUT2D eigenvalue weighted by Crippen LogP contribution is 2.42. The molecular weight excluding hydrogens is 354 g/mol. The molecule has 134 valence electrons. The third-order valence-electron chi connectivity index (χ3n) is 4.45. The summed E-state index contributed by atoms with van der Waals surface area (Å²) >= 11 is 1.39. The first-order valence-corrected chi connectivity index (χ1v) is 9.10. The highest BCUT2D eigenvalue weighted by Gasteiger charge is 2.27. The molecule has 1 fully saturated rings. The first-order chi connectivity index (χ1) is 12.5. The van der Waals surface area contributed by atoms with Crippen molar-refractivity contribution in [3.63, 3.8) is 0 Å². The standard InChI is InChI=1S/C18H17N3O4S/c1-9-12-6-5-11(24-2)7-14(12)25-17(23)13(9)8-15(22)19-18-21-20-16(26-18)10-3-4-10/h5-7,10H,3-4,8H2,1-2H3,(H,19,21,22). The van der Waals surface area contributed by atoms with E-state index in [0.29, 0.717) is 27.9 Å². The predicted molar refractivity (Wildman–Crippen MR) is 98.0 cm³/mol. The van der Waals surface area contributed by atoms with Crippen LogP contribution in [0.2, 0.25) is 0 Å². The average molecular weight is 371 g/mol. The number of hydrogen-bond acceptors (Lipinski definition) is 7. The Morgan fingerprint density at radius 3 is 2.92 bits per heavy atom. The van der Waals surface area contributed by atoms with Crippen molar-refractivity contribution in [3.8, 4) is 5.75 Å². The van der Waals surface area contributed by atoms with Crippen LogP contribution in [0.1, 0.15) is 34.9 Å². The lowest BCUT2D eigenvalue weighted by Gasteiger charge is -2.08. The number of hydrogen-bond donors (Lipinski definition) is 1. The number of fused-ring (bicyclic) bond motifs is 1. The van der Waals surface area contributed by atoms with Crippen LogP contribution in [-0.2, 0) is 11.2 Å². The fraction of sp³-hybridized carbons (Fsp3) is 0.333. The number of rotatable bonds is 5. The summed E-state index contributed by atoms with van der Waals surface area (Å²) in [5, 5.41) is 13.0. The lowest BCUT2D eigenvalue weighted by Crippen LogP contribution is -2.20. The van der Waals surface area contributed by atoms with Gasteiger partial charge in [-0.15, -0.1) is 10.2 Å². The van der Waals surface area contributed by atoms with Crippen molar-refractivity contribution >= 4 is 33.3 Å². The molecule has 1 aliphatic rings. The van der Waals surface area contributed by atoms with Crippen LogP contribution in [0.3, 0.4) is 0 Å². The Morgan fingerprint density at radius 2 is 2.19 bits per heavy atom. The minimum atomic E-state index is -0.519. The molecule has 2 heterocycles. The third-order valence-corrected chi connectivity index (χ3v) is 5.45. The molecule has 8 heteroatoms. The highest BCUT2D eigenvalue weighted by atomic mass is 32.1. The van der Waals surface area contributed by atoms with Crippen LogP contribution >= 0.6 is 11.3 Å². The first kappa shape index (κ1) is 16.7. The Labute approximate surface area is 153 Å². The number of anilines is 1. The average Bonchev–Trinajstić information content (AvgIpc) is 3.38. The molecule has 1 N–H and O–H groups in total. The molecule has 26 heavy (non-hydrogen) atoms. The first-order valence-electron chi connectivity index (χ1n) is 8.28. The zero-order valence-electron chi connectivity index (χ0n) is 14.4. The number of benzene rings is 1. The van der Waals surface area contributed by atoms with Gasteiger partial charge in [0.15, 0.2) is 0 Å². The minimum Gasteiger partial charge on any atom is -0.497 e. The van der Waals surface area contributed by atoms with Crippen molar-refractivity contribution in [2.75, 3.05) is 12.4 Å². The van der Waals surface area contributed by atoms with Crippen LogP contribution in [0.4, 0.5) is 5.13 Å². The van der Waals surface area contributed by atoms with E-state index in [-0.39, 0.29) is 12.3 Å². The van der Waals surface area contributed by atoms with Crippen molar-refractivity contribution in [2.24, 2.45) is 0 Å². The third kappa shape index (κ3) is 3.20. The molecule has 0 saturated heterocycles. The van der Waals surface area contributed by atoms with Crippen LogP contribution in [0.5, 0.6) is 5.75 Å². The number of nitrogens with one attached hydrogen (secondary N) is 1. The van der Waals surface area contributed by atoms with Gasteiger partial charge in [-0.25, -0.2) is 4.79 Å². The zero-order chi connectivity index (χ0) is 18.3. The zero-order valence-corrected chi connectivity index (χ0v) is 15.2. The van der Waals surface area contributed by atoms with E-state index in [1.165, 1.54) is 11.3 Å². The van der Waals surface area contributed by atoms with Crippen molar-refractivity contribution in [1.82, 2.24) is 10.2 Å². The van der Waals surface area contributed by atoms with Gasteiger partial charge < -0.3 is 14.5 Å². The topological polar surface area (TPSA) is 94.3 Å². The summed E-state index contributed by atoms with van der Waals surface area (Å²) in [6.07, 6.45) is 2.18. The number of nitrogens with zero attached hydrogens (tertiary/aromatic N) is 2. The smallest absolute Gasteiger partial charge is 0.340 e. The normalized spacial score (nSPS) is 13.8. The van der Waals surface area contributed by atoms with E-state index in [2.05, 4.69) is 15.5 Å². The van der Waals surface area contributed by atoms with E-state index in [1.54, 1.807) is 19.2 Å². The Kier molecular flexibility index (Phi) is 4.20. The molecule has 0 unspecified atom stereocenters. The summed E-state index contributed by atoms with van der Waals surface area (Å²) in [6.45, 7) is 1.81. The number of carbonyl (C=O) groups excluding carboxylic acids is 1. The predicted octanol–water partition coefficient (Wildman–Crippen LogP) is 3.02. The number of methoxy groups -OCH3 is 1. The summed E-state index contributed by atoms with van der Waals surface area (Å²) in [6, 6.07) is 5.27. The van der Waals surface area contributed by atoms with Crippen molar-refractivity contribution in [2.45, 2.75) is 32.1 Å². The van der Waals surface area contributed by atoms with Gasteiger partial charge in [-0.05, 0) is 37.5 Å². The Balaban J connectivity index is 1.57. The summed E-state index contributed by atoms with van der Waals surface area (Å²) in [5.41, 5.74) is 0.987. The molecule has 1 amide bonds. The van der Waals surface area contributed by atoms with Crippen LogP contribution in [0, 0.1) is 6.92 Å². The fourth-order valence-electron chi connectivity index (χ4n) is 2.81. The molecule has 7 nitrogen and oxygen atoms in total. The van der Waals surface area contributed by atoms with Gasteiger partial charge in [0.05, 0.1) is 19.1 Å². The van der Waals surface area contributed by atoms with Gasteiger partial charge in [0.2, 0.25) is 11.0 Å². The molecule has 4 rings (SSSR count). The maximum absolute atomic E-state index is 12.3.